The summed E-state index contributed by atoms with van der Waals surface area (Å²) < 4.78 is 10.6. The zero-order valence-corrected chi connectivity index (χ0v) is 15.3. The highest BCUT2D eigenvalue weighted by atomic mass is 16.5. The molecule has 1 aromatic carbocycles. The van der Waals surface area contributed by atoms with Crippen molar-refractivity contribution in [2.24, 2.45) is 11.8 Å². The van der Waals surface area contributed by atoms with Gasteiger partial charge in [0.15, 0.2) is 12.0 Å². The average Bonchev–Trinajstić information content (AvgIpc) is 2.59. The summed E-state index contributed by atoms with van der Waals surface area (Å²) in [5.74, 6) is -0.369. The van der Waals surface area contributed by atoms with E-state index in [1.54, 1.807) is 23.1 Å². The minimum atomic E-state index is -0.809. The van der Waals surface area contributed by atoms with E-state index in [1.165, 1.54) is 0 Å². The number of ether oxygens (including phenoxy) is 1. The molecule has 2 aromatic rings. The van der Waals surface area contributed by atoms with Crippen LogP contribution in [0.3, 0.4) is 0 Å². The molecule has 0 bridgehead atoms. The van der Waals surface area contributed by atoms with Gasteiger partial charge in [0.1, 0.15) is 5.58 Å². The van der Waals surface area contributed by atoms with E-state index < -0.39 is 5.97 Å². The molecule has 6 heteroatoms. The fourth-order valence-electron chi connectivity index (χ4n) is 3.53. The molecule has 0 radical (unpaired) electrons. The Labute approximate surface area is 151 Å². The monoisotopic (exact) mass is 357 g/mol. The van der Waals surface area contributed by atoms with Crippen LogP contribution in [0.5, 0.6) is 0 Å². The quantitative estimate of drug-likeness (QED) is 0.790. The Morgan fingerprint density at radius 3 is 2.58 bits per heavy atom. The minimum absolute atomic E-state index is 0.195. The summed E-state index contributed by atoms with van der Waals surface area (Å²) in [4.78, 5) is 38.4. The summed E-state index contributed by atoms with van der Waals surface area (Å²) in [6.45, 7) is 7.07. The average molecular weight is 357 g/mol. The van der Waals surface area contributed by atoms with E-state index in [2.05, 4.69) is 13.8 Å². The molecule has 3 rings (SSSR count). The number of rotatable bonds is 3. The van der Waals surface area contributed by atoms with Crippen LogP contribution in [0, 0.1) is 18.8 Å². The molecule has 0 spiro atoms. The van der Waals surface area contributed by atoms with Crippen molar-refractivity contribution >= 4 is 22.8 Å². The van der Waals surface area contributed by atoms with Gasteiger partial charge in [-0.05, 0) is 37.3 Å². The number of nitrogens with zero attached hydrogens (tertiary/aromatic N) is 1. The molecule has 1 aliphatic rings. The van der Waals surface area contributed by atoms with Crippen molar-refractivity contribution in [1.29, 1.82) is 0 Å². The van der Waals surface area contributed by atoms with Crippen LogP contribution in [0.2, 0.25) is 0 Å². The number of amides is 1. The second-order valence-corrected chi connectivity index (χ2v) is 7.30. The Morgan fingerprint density at radius 1 is 1.19 bits per heavy atom. The summed E-state index contributed by atoms with van der Waals surface area (Å²) in [5, 5.41) is 0.411. The first-order chi connectivity index (χ1) is 12.3. The van der Waals surface area contributed by atoms with E-state index in [9.17, 15) is 14.4 Å². The van der Waals surface area contributed by atoms with Crippen LogP contribution in [0.15, 0.2) is 33.5 Å². The number of hydrogen-bond donors (Lipinski definition) is 0. The highest BCUT2D eigenvalue weighted by molar-refractivity contribution is 5.90. The lowest BCUT2D eigenvalue weighted by atomic mass is 9.92. The van der Waals surface area contributed by atoms with Gasteiger partial charge in [0, 0.05) is 19.2 Å². The molecule has 0 N–H and O–H groups in total. The number of esters is 1. The van der Waals surface area contributed by atoms with Crippen molar-refractivity contribution in [3.8, 4) is 0 Å². The third-order valence-corrected chi connectivity index (χ3v) is 4.63. The van der Waals surface area contributed by atoms with Gasteiger partial charge in [-0.1, -0.05) is 25.5 Å². The predicted octanol–water partition coefficient (Wildman–Crippen LogP) is 2.76. The third-order valence-electron chi connectivity index (χ3n) is 4.63. The van der Waals surface area contributed by atoms with Gasteiger partial charge in [-0.2, -0.15) is 0 Å². The molecular formula is C20H23NO5. The zero-order chi connectivity index (χ0) is 18.8. The Balaban J connectivity index is 1.68. The van der Waals surface area contributed by atoms with E-state index >= 15 is 0 Å². The number of carbonyl (C=O) groups is 2. The maximum atomic E-state index is 12.3. The number of aryl methyl sites for hydroxylation is 1. The molecule has 1 aromatic heterocycles. The first kappa shape index (κ1) is 18.2. The number of fused-ring (bicyclic) bond motifs is 1. The van der Waals surface area contributed by atoms with Gasteiger partial charge in [-0.3, -0.25) is 9.59 Å². The van der Waals surface area contributed by atoms with Crippen LogP contribution < -0.4 is 5.43 Å². The molecular weight excluding hydrogens is 334 g/mol. The molecule has 0 aliphatic carbocycles. The van der Waals surface area contributed by atoms with Crippen molar-refractivity contribution in [3.05, 3.63) is 45.8 Å². The molecule has 138 valence electrons. The molecule has 1 fully saturated rings. The minimum Gasteiger partial charge on any atom is -0.450 e. The second kappa shape index (κ2) is 7.32. The van der Waals surface area contributed by atoms with Crippen LogP contribution in [0.25, 0.3) is 11.0 Å². The number of hydrogen-bond acceptors (Lipinski definition) is 5. The van der Waals surface area contributed by atoms with Crippen LogP contribution >= 0.6 is 0 Å². The standard InChI is InChI=1S/C20H23NO5/c1-12-4-5-17-15(7-12)16(22)8-18(26-17)20(24)25-11-19(23)21-9-13(2)6-14(3)10-21/h4-5,7-8,13-14H,6,9-11H2,1-3H3/t13-,14-/m0/s1. The van der Waals surface area contributed by atoms with Gasteiger partial charge in [-0.25, -0.2) is 4.79 Å². The van der Waals surface area contributed by atoms with Crippen LogP contribution in [-0.2, 0) is 9.53 Å². The van der Waals surface area contributed by atoms with Crippen molar-refractivity contribution in [2.75, 3.05) is 19.7 Å². The SMILES string of the molecule is Cc1ccc2oc(C(=O)OCC(=O)N3C[C@@H](C)C[C@H](C)C3)cc(=O)c2c1. The first-order valence-electron chi connectivity index (χ1n) is 8.83. The van der Waals surface area contributed by atoms with E-state index in [0.717, 1.165) is 18.1 Å². The van der Waals surface area contributed by atoms with Gasteiger partial charge in [0.25, 0.3) is 5.91 Å². The molecule has 0 unspecified atom stereocenters. The molecule has 6 nitrogen and oxygen atoms in total. The zero-order valence-electron chi connectivity index (χ0n) is 15.3. The molecule has 26 heavy (non-hydrogen) atoms. The highest BCUT2D eigenvalue weighted by Crippen LogP contribution is 2.21. The fourth-order valence-corrected chi connectivity index (χ4v) is 3.53. The van der Waals surface area contributed by atoms with Crippen molar-refractivity contribution in [1.82, 2.24) is 4.90 Å². The smallest absolute Gasteiger partial charge is 0.374 e. The lowest BCUT2D eigenvalue weighted by molar-refractivity contribution is -0.137. The van der Waals surface area contributed by atoms with Crippen molar-refractivity contribution in [3.63, 3.8) is 0 Å². The number of piperidine rings is 1. The molecule has 0 saturated carbocycles. The predicted molar refractivity (Wildman–Crippen MR) is 97.0 cm³/mol. The summed E-state index contributed by atoms with van der Waals surface area (Å²) >= 11 is 0. The van der Waals surface area contributed by atoms with Crippen LogP contribution in [0.4, 0.5) is 0 Å². The van der Waals surface area contributed by atoms with E-state index in [1.807, 2.05) is 6.92 Å². The van der Waals surface area contributed by atoms with Gasteiger partial charge in [0.05, 0.1) is 5.39 Å². The van der Waals surface area contributed by atoms with Gasteiger partial charge >= 0.3 is 5.97 Å². The van der Waals surface area contributed by atoms with E-state index in [-0.39, 0.29) is 23.7 Å². The van der Waals surface area contributed by atoms with Crippen molar-refractivity contribution < 1.29 is 18.7 Å². The number of benzene rings is 1. The van der Waals surface area contributed by atoms with Gasteiger partial charge < -0.3 is 14.1 Å². The lowest BCUT2D eigenvalue weighted by Crippen LogP contribution is -2.44. The molecule has 1 aliphatic heterocycles. The molecule has 2 atom stereocenters. The second-order valence-electron chi connectivity index (χ2n) is 7.30. The van der Waals surface area contributed by atoms with Gasteiger partial charge in [0.2, 0.25) is 5.76 Å². The number of carbonyl (C=O) groups excluding carboxylic acids is 2. The van der Waals surface area contributed by atoms with Gasteiger partial charge in [-0.15, -0.1) is 0 Å². The Bertz CT molecular complexity index is 891. The molecule has 1 saturated heterocycles. The lowest BCUT2D eigenvalue weighted by Gasteiger charge is -2.34. The molecule has 1 amide bonds. The Hall–Kier alpha value is -2.63. The van der Waals surface area contributed by atoms with Crippen LogP contribution in [-0.4, -0.2) is 36.5 Å². The topological polar surface area (TPSA) is 76.8 Å². The summed E-state index contributed by atoms with van der Waals surface area (Å²) in [6.07, 6.45) is 1.09. The largest absolute Gasteiger partial charge is 0.450 e. The maximum Gasteiger partial charge on any atom is 0.374 e. The maximum absolute atomic E-state index is 12.3. The summed E-state index contributed by atoms with van der Waals surface area (Å²) in [7, 11) is 0. The normalized spacial score (nSPS) is 20.2. The van der Waals surface area contributed by atoms with E-state index in [4.69, 9.17) is 9.15 Å². The molecule has 2 heterocycles. The van der Waals surface area contributed by atoms with E-state index in [0.29, 0.717) is 35.9 Å². The third kappa shape index (κ3) is 3.95. The highest BCUT2D eigenvalue weighted by Gasteiger charge is 2.26. The summed E-state index contributed by atoms with van der Waals surface area (Å²) in [5.41, 5.74) is 0.933. The first-order valence-corrected chi connectivity index (χ1v) is 8.83. The van der Waals surface area contributed by atoms with Crippen LogP contribution in [0.1, 0.15) is 36.4 Å². The summed E-state index contributed by atoms with van der Waals surface area (Å²) in [6, 6.07) is 6.26. The Kier molecular flexibility index (Phi) is 5.11. The van der Waals surface area contributed by atoms with Crippen molar-refractivity contribution in [2.45, 2.75) is 27.2 Å². The fraction of sp³-hybridized carbons (Fsp3) is 0.450. The number of likely N-dealkylation sites (tertiary alicyclic amines) is 1. The Morgan fingerprint density at radius 2 is 1.88 bits per heavy atom.